The summed E-state index contributed by atoms with van der Waals surface area (Å²) < 4.78 is 28.9. The molecule has 0 amide bonds. The molecular formula is C15H10ClF2N3S2. The van der Waals surface area contributed by atoms with Crippen molar-refractivity contribution in [2.24, 2.45) is 0 Å². The molecule has 3 nitrogen and oxygen atoms in total. The lowest BCUT2D eigenvalue weighted by Gasteiger charge is -2.17. The van der Waals surface area contributed by atoms with E-state index in [1.807, 2.05) is 23.2 Å². The average Bonchev–Trinajstić information content (AvgIpc) is 3.20. The monoisotopic (exact) mass is 369 g/mol. The van der Waals surface area contributed by atoms with Gasteiger partial charge in [-0.05, 0) is 23.6 Å². The van der Waals surface area contributed by atoms with Crippen molar-refractivity contribution in [2.45, 2.75) is 0 Å². The number of halogens is 3. The fourth-order valence-electron chi connectivity index (χ4n) is 2.46. The molecule has 3 heterocycles. The number of rotatable bonds is 2. The maximum Gasteiger partial charge on any atom is 0.165 e. The van der Waals surface area contributed by atoms with Crippen molar-refractivity contribution in [1.82, 2.24) is 9.97 Å². The van der Waals surface area contributed by atoms with E-state index >= 15 is 0 Å². The van der Waals surface area contributed by atoms with Gasteiger partial charge in [-0.3, -0.25) is 0 Å². The summed E-state index contributed by atoms with van der Waals surface area (Å²) in [4.78, 5) is 11.0. The van der Waals surface area contributed by atoms with Gasteiger partial charge in [0.25, 0.3) is 0 Å². The van der Waals surface area contributed by atoms with E-state index < -0.39 is 11.6 Å². The van der Waals surface area contributed by atoms with Gasteiger partial charge in [0.15, 0.2) is 11.6 Å². The lowest BCUT2D eigenvalue weighted by molar-refractivity contribution is 0.602. The van der Waals surface area contributed by atoms with Crippen LogP contribution in [0.15, 0.2) is 23.6 Å². The van der Waals surface area contributed by atoms with Crippen LogP contribution >= 0.6 is 34.7 Å². The van der Waals surface area contributed by atoms with Crippen LogP contribution in [-0.2, 0) is 0 Å². The number of benzene rings is 1. The van der Waals surface area contributed by atoms with E-state index in [1.165, 1.54) is 0 Å². The number of thiophene rings is 1. The molecule has 0 radical (unpaired) electrons. The molecule has 4 rings (SSSR count). The largest absolute Gasteiger partial charge is 0.345 e. The Morgan fingerprint density at radius 3 is 2.83 bits per heavy atom. The Balaban J connectivity index is 1.92. The molecule has 23 heavy (non-hydrogen) atoms. The van der Waals surface area contributed by atoms with Crippen molar-refractivity contribution in [1.29, 1.82) is 0 Å². The number of hydrogen-bond donors (Lipinski definition) is 0. The molecule has 0 unspecified atom stereocenters. The normalized spacial score (nSPS) is 14.8. The predicted octanol–water partition coefficient (Wildman–Crippen LogP) is 4.80. The van der Waals surface area contributed by atoms with Crippen molar-refractivity contribution >= 4 is 50.7 Å². The topological polar surface area (TPSA) is 29.0 Å². The summed E-state index contributed by atoms with van der Waals surface area (Å²) in [6.07, 6.45) is 0. The summed E-state index contributed by atoms with van der Waals surface area (Å²) in [5, 5.41) is 1.67. The van der Waals surface area contributed by atoms with Gasteiger partial charge >= 0.3 is 0 Å². The summed E-state index contributed by atoms with van der Waals surface area (Å²) in [7, 11) is 0. The van der Waals surface area contributed by atoms with Crippen molar-refractivity contribution < 1.29 is 8.78 Å². The van der Waals surface area contributed by atoms with Gasteiger partial charge in [0.2, 0.25) is 0 Å². The summed E-state index contributed by atoms with van der Waals surface area (Å²) in [5.74, 6) is 1.50. The highest BCUT2D eigenvalue weighted by molar-refractivity contribution is 7.99. The first-order chi connectivity index (χ1) is 11.1. The Hall–Kier alpha value is -1.44. The highest BCUT2D eigenvalue weighted by Crippen LogP contribution is 2.35. The molecule has 0 saturated carbocycles. The maximum absolute atomic E-state index is 14.2. The zero-order valence-corrected chi connectivity index (χ0v) is 14.1. The van der Waals surface area contributed by atoms with Crippen LogP contribution in [0.25, 0.3) is 21.6 Å². The molecule has 2 aromatic heterocycles. The molecule has 8 heteroatoms. The molecule has 1 aliphatic heterocycles. The summed E-state index contributed by atoms with van der Waals surface area (Å²) in [6.45, 7) is 0.881. The average molecular weight is 370 g/mol. The Morgan fingerprint density at radius 1 is 1.17 bits per heavy atom. The summed E-state index contributed by atoms with van der Waals surface area (Å²) >= 11 is 8.99. The number of anilines is 1. The minimum absolute atomic E-state index is 0.0214. The molecule has 1 aliphatic rings. The second-order valence-corrected chi connectivity index (χ2v) is 7.45. The van der Waals surface area contributed by atoms with Gasteiger partial charge in [-0.2, -0.15) is 0 Å². The first kappa shape index (κ1) is 15.1. The zero-order valence-electron chi connectivity index (χ0n) is 11.7. The zero-order chi connectivity index (χ0) is 16.0. The molecule has 0 bridgehead atoms. The molecule has 0 spiro atoms. The van der Waals surface area contributed by atoms with Crippen molar-refractivity contribution in [3.8, 4) is 11.4 Å². The summed E-state index contributed by atoms with van der Waals surface area (Å²) in [6, 6.07) is 3.87. The summed E-state index contributed by atoms with van der Waals surface area (Å²) in [5.41, 5.74) is 0.759. The molecule has 1 saturated heterocycles. The molecule has 0 atom stereocenters. The van der Waals surface area contributed by atoms with Crippen LogP contribution in [0.5, 0.6) is 0 Å². The third-order valence-electron chi connectivity index (χ3n) is 3.59. The minimum Gasteiger partial charge on any atom is -0.345 e. The standard InChI is InChI=1S/C15H10ClF2N3S2/c16-9-6-10(17)8(5-11(9)18)14-19-12-1-3-23-13(12)15(20-14)21-2-4-22-7-21/h1,3,5-6H,2,4,7H2. The quantitative estimate of drug-likeness (QED) is 0.607. The van der Waals surface area contributed by atoms with E-state index in [2.05, 4.69) is 14.9 Å². The van der Waals surface area contributed by atoms with E-state index in [-0.39, 0.29) is 16.4 Å². The SMILES string of the molecule is Fc1cc(-c2nc(N3CCSC3)c3sccc3n2)c(F)cc1Cl. The van der Waals surface area contributed by atoms with E-state index in [4.69, 9.17) is 11.6 Å². The van der Waals surface area contributed by atoms with Crippen molar-refractivity contribution in [2.75, 3.05) is 23.1 Å². The Kier molecular flexibility index (Phi) is 3.87. The van der Waals surface area contributed by atoms with Crippen molar-refractivity contribution in [3.05, 3.63) is 40.2 Å². The van der Waals surface area contributed by atoms with E-state index in [0.29, 0.717) is 0 Å². The molecular weight excluding hydrogens is 360 g/mol. The minimum atomic E-state index is -0.685. The van der Waals surface area contributed by atoms with Crippen LogP contribution < -0.4 is 4.90 Å². The van der Waals surface area contributed by atoms with Gasteiger partial charge in [-0.15, -0.1) is 23.1 Å². The molecule has 1 aromatic carbocycles. The number of fused-ring (bicyclic) bond motifs is 1. The van der Waals surface area contributed by atoms with Crippen LogP contribution in [-0.4, -0.2) is 28.1 Å². The van der Waals surface area contributed by atoms with E-state index in [0.717, 1.165) is 46.3 Å². The molecule has 0 aliphatic carbocycles. The number of thioether (sulfide) groups is 1. The Morgan fingerprint density at radius 2 is 2.04 bits per heavy atom. The molecule has 118 valence electrons. The van der Waals surface area contributed by atoms with Gasteiger partial charge < -0.3 is 4.90 Å². The van der Waals surface area contributed by atoms with Gasteiger partial charge in [0.05, 0.1) is 26.7 Å². The highest BCUT2D eigenvalue weighted by atomic mass is 35.5. The van der Waals surface area contributed by atoms with Gasteiger partial charge in [-0.1, -0.05) is 11.6 Å². The van der Waals surface area contributed by atoms with Crippen molar-refractivity contribution in [3.63, 3.8) is 0 Å². The van der Waals surface area contributed by atoms with Gasteiger partial charge in [0, 0.05) is 12.3 Å². The Bertz CT molecular complexity index is 894. The van der Waals surface area contributed by atoms with Crippen LogP contribution in [0.1, 0.15) is 0 Å². The van der Waals surface area contributed by atoms with Gasteiger partial charge in [0.1, 0.15) is 11.6 Å². The fourth-order valence-corrected chi connectivity index (χ4v) is 4.41. The van der Waals surface area contributed by atoms with Crippen LogP contribution in [0, 0.1) is 11.6 Å². The van der Waals surface area contributed by atoms with E-state index in [9.17, 15) is 8.78 Å². The number of nitrogens with zero attached hydrogens (tertiary/aromatic N) is 3. The first-order valence-corrected chi connectivity index (χ1v) is 9.27. The number of hydrogen-bond acceptors (Lipinski definition) is 5. The Labute approximate surface area is 144 Å². The second kappa shape index (κ2) is 5.89. The smallest absolute Gasteiger partial charge is 0.165 e. The highest BCUT2D eigenvalue weighted by Gasteiger charge is 2.21. The van der Waals surface area contributed by atoms with E-state index in [1.54, 1.807) is 11.3 Å². The first-order valence-electron chi connectivity index (χ1n) is 6.86. The molecule has 1 fully saturated rings. The van der Waals surface area contributed by atoms with Crippen LogP contribution in [0.4, 0.5) is 14.6 Å². The molecule has 3 aromatic rings. The van der Waals surface area contributed by atoms with Gasteiger partial charge in [-0.25, -0.2) is 18.7 Å². The third kappa shape index (κ3) is 2.66. The number of aromatic nitrogens is 2. The molecule has 0 N–H and O–H groups in total. The maximum atomic E-state index is 14.2. The fraction of sp³-hybridized carbons (Fsp3) is 0.200. The predicted molar refractivity (Wildman–Crippen MR) is 92.4 cm³/mol. The van der Waals surface area contributed by atoms with Crippen LogP contribution in [0.2, 0.25) is 5.02 Å². The third-order valence-corrected chi connectivity index (χ3v) is 5.74. The second-order valence-electron chi connectivity index (χ2n) is 5.05. The lowest BCUT2D eigenvalue weighted by atomic mass is 10.2. The van der Waals surface area contributed by atoms with Crippen LogP contribution in [0.3, 0.4) is 0 Å². The lowest BCUT2D eigenvalue weighted by Crippen LogP contribution is -2.20.